The van der Waals surface area contributed by atoms with Gasteiger partial charge in [0.25, 0.3) is 0 Å². The minimum absolute atomic E-state index is 0.0936. The van der Waals surface area contributed by atoms with Crippen LogP contribution in [0.25, 0.3) is 0 Å². The molecule has 4 nitrogen and oxygen atoms in total. The van der Waals surface area contributed by atoms with Crippen molar-refractivity contribution in [3.05, 3.63) is 50.8 Å². The first-order valence-corrected chi connectivity index (χ1v) is 7.10. The summed E-state index contributed by atoms with van der Waals surface area (Å²) in [5.74, 6) is -1.29. The van der Waals surface area contributed by atoms with Gasteiger partial charge in [0.05, 0.1) is 11.4 Å². The van der Waals surface area contributed by atoms with Crippen molar-refractivity contribution in [1.82, 2.24) is 0 Å². The second-order valence-electron chi connectivity index (χ2n) is 3.93. The van der Waals surface area contributed by atoms with E-state index in [0.29, 0.717) is 20.6 Å². The van der Waals surface area contributed by atoms with E-state index in [1.807, 2.05) is 0 Å². The smallest absolute Gasteiger partial charge is 0.345 e. The number of benzene rings is 1. The molecule has 7 heteroatoms. The van der Waals surface area contributed by atoms with Gasteiger partial charge in [0, 0.05) is 10.0 Å². The number of carbonyl (C=O) groups excluding carboxylic acids is 1. The van der Waals surface area contributed by atoms with E-state index in [1.165, 1.54) is 6.07 Å². The molecular weight excluding hydrogens is 321 g/mol. The summed E-state index contributed by atoms with van der Waals surface area (Å²) in [6.45, 7) is 0. The van der Waals surface area contributed by atoms with Crippen LogP contribution in [0.3, 0.4) is 0 Å². The minimum atomic E-state index is -1.02. The summed E-state index contributed by atoms with van der Waals surface area (Å²) in [6.07, 6.45) is 0.0936. The molecule has 20 heavy (non-hydrogen) atoms. The van der Waals surface area contributed by atoms with E-state index in [1.54, 1.807) is 24.3 Å². The van der Waals surface area contributed by atoms with Crippen LogP contribution in [0, 0.1) is 0 Å². The number of carboxylic acid groups (broad SMARTS) is 1. The van der Waals surface area contributed by atoms with E-state index in [-0.39, 0.29) is 17.2 Å². The number of aromatic carboxylic acids is 1. The molecule has 0 saturated heterocycles. The SMILES string of the molecule is O=C(Cc1ccc(Cl)cc1Cl)Nc1ccc(C(=O)O)s1. The zero-order valence-corrected chi connectivity index (χ0v) is 12.4. The predicted molar refractivity (Wildman–Crippen MR) is 80.1 cm³/mol. The Bertz CT molecular complexity index is 669. The van der Waals surface area contributed by atoms with E-state index >= 15 is 0 Å². The topological polar surface area (TPSA) is 66.4 Å². The fourth-order valence-corrected chi connectivity index (χ4v) is 2.78. The van der Waals surface area contributed by atoms with Crippen molar-refractivity contribution in [3.8, 4) is 0 Å². The highest BCUT2D eigenvalue weighted by Gasteiger charge is 2.11. The van der Waals surface area contributed by atoms with E-state index in [4.69, 9.17) is 28.3 Å². The third-order valence-corrected chi connectivity index (χ3v) is 4.02. The van der Waals surface area contributed by atoms with Gasteiger partial charge in [-0.25, -0.2) is 4.79 Å². The molecule has 2 rings (SSSR count). The molecule has 2 aromatic rings. The number of thiophene rings is 1. The van der Waals surface area contributed by atoms with Gasteiger partial charge < -0.3 is 10.4 Å². The normalized spacial score (nSPS) is 10.3. The van der Waals surface area contributed by atoms with Gasteiger partial charge in [-0.15, -0.1) is 11.3 Å². The van der Waals surface area contributed by atoms with E-state index < -0.39 is 5.97 Å². The Hall–Kier alpha value is -1.56. The summed E-state index contributed by atoms with van der Waals surface area (Å²) in [6, 6.07) is 7.90. The molecule has 0 aliphatic carbocycles. The Labute approximate surface area is 128 Å². The number of nitrogens with one attached hydrogen (secondary N) is 1. The number of amides is 1. The van der Waals surface area contributed by atoms with E-state index in [0.717, 1.165) is 11.3 Å². The molecule has 1 aromatic carbocycles. The van der Waals surface area contributed by atoms with Crippen molar-refractivity contribution in [2.45, 2.75) is 6.42 Å². The number of hydrogen-bond donors (Lipinski definition) is 2. The van der Waals surface area contributed by atoms with Crippen molar-refractivity contribution in [2.75, 3.05) is 5.32 Å². The summed E-state index contributed by atoms with van der Waals surface area (Å²) in [5, 5.41) is 12.8. The number of carbonyl (C=O) groups is 2. The number of halogens is 2. The van der Waals surface area contributed by atoms with Crippen molar-refractivity contribution in [1.29, 1.82) is 0 Å². The molecule has 104 valence electrons. The number of carboxylic acids is 1. The summed E-state index contributed by atoms with van der Waals surface area (Å²) < 4.78 is 0. The molecule has 0 atom stereocenters. The van der Waals surface area contributed by atoms with Crippen molar-refractivity contribution < 1.29 is 14.7 Å². The molecule has 0 spiro atoms. The van der Waals surface area contributed by atoms with Crippen LogP contribution < -0.4 is 5.32 Å². The van der Waals surface area contributed by atoms with Crippen LogP contribution in [0.4, 0.5) is 5.00 Å². The molecular formula is C13H9Cl2NO3S. The highest BCUT2D eigenvalue weighted by molar-refractivity contribution is 7.18. The number of rotatable bonds is 4. The standard InChI is InChI=1S/C13H9Cl2NO3S/c14-8-2-1-7(9(15)6-8)5-11(17)16-12-4-3-10(20-12)13(18)19/h1-4,6H,5H2,(H,16,17)(H,18,19). The third-order valence-electron chi connectivity index (χ3n) is 2.45. The van der Waals surface area contributed by atoms with Gasteiger partial charge in [-0.1, -0.05) is 29.3 Å². The average molecular weight is 330 g/mol. The van der Waals surface area contributed by atoms with Gasteiger partial charge >= 0.3 is 5.97 Å². The molecule has 0 unspecified atom stereocenters. The van der Waals surface area contributed by atoms with Crippen LogP contribution >= 0.6 is 34.5 Å². The Kier molecular flexibility index (Phi) is 4.65. The van der Waals surface area contributed by atoms with E-state index in [9.17, 15) is 9.59 Å². The zero-order chi connectivity index (χ0) is 14.7. The quantitative estimate of drug-likeness (QED) is 0.892. The minimum Gasteiger partial charge on any atom is -0.477 e. The molecule has 0 fully saturated rings. The van der Waals surface area contributed by atoms with Gasteiger partial charge in [-0.05, 0) is 29.8 Å². The van der Waals surface area contributed by atoms with E-state index in [2.05, 4.69) is 5.32 Å². The Morgan fingerprint density at radius 3 is 2.55 bits per heavy atom. The first kappa shape index (κ1) is 14.8. The average Bonchev–Trinajstić information content (AvgIpc) is 2.81. The van der Waals surface area contributed by atoms with Gasteiger partial charge in [-0.3, -0.25) is 4.79 Å². The maximum absolute atomic E-state index is 11.9. The molecule has 0 bridgehead atoms. The summed E-state index contributed by atoms with van der Waals surface area (Å²) >= 11 is 12.8. The lowest BCUT2D eigenvalue weighted by atomic mass is 10.1. The predicted octanol–water partition coefficient (Wildman–Crippen LogP) is 3.93. The fourth-order valence-electron chi connectivity index (χ4n) is 1.54. The van der Waals surface area contributed by atoms with Crippen molar-refractivity contribution in [2.24, 2.45) is 0 Å². The lowest BCUT2D eigenvalue weighted by Gasteiger charge is -2.05. The number of hydrogen-bond acceptors (Lipinski definition) is 3. The maximum Gasteiger partial charge on any atom is 0.345 e. The third kappa shape index (κ3) is 3.72. The highest BCUT2D eigenvalue weighted by atomic mass is 35.5. The maximum atomic E-state index is 11.9. The molecule has 1 amide bonds. The highest BCUT2D eigenvalue weighted by Crippen LogP contribution is 2.24. The largest absolute Gasteiger partial charge is 0.477 e. The van der Waals surface area contributed by atoms with Crippen LogP contribution in [-0.2, 0) is 11.2 Å². The van der Waals surface area contributed by atoms with Gasteiger partial charge in [0.2, 0.25) is 5.91 Å². The van der Waals surface area contributed by atoms with Crippen LogP contribution in [0.2, 0.25) is 10.0 Å². The van der Waals surface area contributed by atoms with Crippen molar-refractivity contribution >= 4 is 51.4 Å². The molecule has 0 radical (unpaired) electrons. The summed E-state index contributed by atoms with van der Waals surface area (Å²) in [5.41, 5.74) is 0.656. The molecule has 0 aliphatic heterocycles. The fraction of sp³-hybridized carbons (Fsp3) is 0.0769. The second kappa shape index (κ2) is 6.26. The van der Waals surface area contributed by atoms with Crippen molar-refractivity contribution in [3.63, 3.8) is 0 Å². The summed E-state index contributed by atoms with van der Waals surface area (Å²) in [4.78, 5) is 22.8. The monoisotopic (exact) mass is 329 g/mol. The molecule has 1 heterocycles. The summed E-state index contributed by atoms with van der Waals surface area (Å²) in [7, 11) is 0. The molecule has 0 saturated carbocycles. The lowest BCUT2D eigenvalue weighted by molar-refractivity contribution is -0.115. The van der Waals surface area contributed by atoms with Crippen LogP contribution in [0.15, 0.2) is 30.3 Å². The Morgan fingerprint density at radius 2 is 1.95 bits per heavy atom. The Balaban J connectivity index is 2.03. The Morgan fingerprint density at radius 1 is 1.20 bits per heavy atom. The van der Waals surface area contributed by atoms with Gasteiger partial charge in [0.15, 0.2) is 0 Å². The molecule has 1 aromatic heterocycles. The first-order chi connectivity index (χ1) is 9.45. The van der Waals surface area contributed by atoms with Crippen LogP contribution in [0.1, 0.15) is 15.2 Å². The molecule has 2 N–H and O–H groups in total. The molecule has 0 aliphatic rings. The van der Waals surface area contributed by atoms with Gasteiger partial charge in [-0.2, -0.15) is 0 Å². The first-order valence-electron chi connectivity index (χ1n) is 5.52. The second-order valence-corrected chi connectivity index (χ2v) is 5.86. The van der Waals surface area contributed by atoms with Gasteiger partial charge in [0.1, 0.15) is 4.88 Å². The zero-order valence-electron chi connectivity index (χ0n) is 10.0. The van der Waals surface area contributed by atoms with Crippen LogP contribution in [-0.4, -0.2) is 17.0 Å². The lowest BCUT2D eigenvalue weighted by Crippen LogP contribution is -2.13. The van der Waals surface area contributed by atoms with Crippen LogP contribution in [0.5, 0.6) is 0 Å². The number of anilines is 1.